The molecule has 0 aromatic carbocycles. The molecule has 1 aromatic rings. The molecule has 2 heterocycles. The highest BCUT2D eigenvalue weighted by atomic mass is 32.1. The smallest absolute Gasteiger partial charge is 0.131 e. The van der Waals surface area contributed by atoms with Crippen molar-refractivity contribution in [3.05, 3.63) is 10.0 Å². The number of hydrogen-bond donors (Lipinski definition) is 0. The van der Waals surface area contributed by atoms with Gasteiger partial charge in [0.25, 0.3) is 0 Å². The zero-order valence-electron chi connectivity index (χ0n) is 12.1. The number of rotatable bonds is 4. The molecule has 0 radical (unpaired) electrons. The largest absolute Gasteiger partial charge is 0.301 e. The molecule has 0 aliphatic carbocycles. The van der Waals surface area contributed by atoms with Gasteiger partial charge in [-0.05, 0) is 53.8 Å². The van der Waals surface area contributed by atoms with E-state index < -0.39 is 0 Å². The standard InChI is InChI=1S/C13H24N4S/c1-10-14-15-12(18-10)9-16(4)8-11-6-7-17(5)13(11,2)3/h11H,6-9H2,1-5H3/t11-/m1/s1. The van der Waals surface area contributed by atoms with Crippen LogP contribution in [-0.4, -0.2) is 52.7 Å². The first-order chi connectivity index (χ1) is 8.39. The van der Waals surface area contributed by atoms with E-state index in [4.69, 9.17) is 0 Å². The van der Waals surface area contributed by atoms with Crippen molar-refractivity contribution in [2.45, 2.75) is 39.3 Å². The molecule has 0 amide bonds. The molecule has 1 saturated heterocycles. The van der Waals surface area contributed by atoms with Gasteiger partial charge in [0.05, 0.1) is 6.54 Å². The lowest BCUT2D eigenvalue weighted by atomic mass is 9.88. The second kappa shape index (κ2) is 5.23. The fourth-order valence-electron chi connectivity index (χ4n) is 2.69. The first kappa shape index (κ1) is 13.9. The predicted octanol–water partition coefficient (Wildman–Crippen LogP) is 2.01. The van der Waals surface area contributed by atoms with Crippen molar-refractivity contribution in [1.29, 1.82) is 0 Å². The van der Waals surface area contributed by atoms with Crippen LogP contribution in [0.25, 0.3) is 0 Å². The van der Waals surface area contributed by atoms with Gasteiger partial charge >= 0.3 is 0 Å². The van der Waals surface area contributed by atoms with Crippen LogP contribution in [0, 0.1) is 12.8 Å². The van der Waals surface area contributed by atoms with Gasteiger partial charge in [-0.2, -0.15) is 0 Å². The van der Waals surface area contributed by atoms with Crippen molar-refractivity contribution < 1.29 is 0 Å². The molecule has 1 aliphatic heterocycles. The van der Waals surface area contributed by atoms with Crippen molar-refractivity contribution in [2.75, 3.05) is 27.2 Å². The lowest BCUT2D eigenvalue weighted by Crippen LogP contribution is -2.43. The van der Waals surface area contributed by atoms with E-state index in [9.17, 15) is 0 Å². The van der Waals surface area contributed by atoms with Gasteiger partial charge in [-0.3, -0.25) is 4.90 Å². The topological polar surface area (TPSA) is 32.3 Å². The van der Waals surface area contributed by atoms with E-state index >= 15 is 0 Å². The van der Waals surface area contributed by atoms with Crippen LogP contribution in [0.5, 0.6) is 0 Å². The van der Waals surface area contributed by atoms with E-state index in [2.05, 4.69) is 47.9 Å². The minimum atomic E-state index is 0.311. The van der Waals surface area contributed by atoms with Crippen LogP contribution < -0.4 is 0 Å². The summed E-state index contributed by atoms with van der Waals surface area (Å²) in [5.74, 6) is 0.738. The molecule has 1 fully saturated rings. The summed E-state index contributed by atoms with van der Waals surface area (Å²) in [6.07, 6.45) is 1.29. The Hall–Kier alpha value is -0.520. The molecule has 0 bridgehead atoms. The van der Waals surface area contributed by atoms with Gasteiger partial charge in [0.1, 0.15) is 10.0 Å². The molecular formula is C13H24N4S. The van der Waals surface area contributed by atoms with E-state index in [-0.39, 0.29) is 0 Å². The quantitative estimate of drug-likeness (QED) is 0.836. The maximum atomic E-state index is 4.20. The van der Waals surface area contributed by atoms with Crippen molar-refractivity contribution >= 4 is 11.3 Å². The molecule has 102 valence electrons. The van der Waals surface area contributed by atoms with Crippen molar-refractivity contribution in [3.8, 4) is 0 Å². The summed E-state index contributed by atoms with van der Waals surface area (Å²) in [7, 11) is 4.42. The first-order valence-corrected chi connectivity index (χ1v) is 7.40. The second-order valence-electron chi connectivity index (χ2n) is 5.97. The van der Waals surface area contributed by atoms with E-state index in [1.54, 1.807) is 11.3 Å². The Morgan fingerprint density at radius 3 is 2.67 bits per heavy atom. The number of hydrogen-bond acceptors (Lipinski definition) is 5. The molecule has 0 unspecified atom stereocenters. The van der Waals surface area contributed by atoms with Crippen LogP contribution in [-0.2, 0) is 6.54 Å². The molecule has 5 heteroatoms. The van der Waals surface area contributed by atoms with Gasteiger partial charge in [-0.25, -0.2) is 0 Å². The number of aryl methyl sites for hydroxylation is 1. The monoisotopic (exact) mass is 268 g/mol. The number of aromatic nitrogens is 2. The highest BCUT2D eigenvalue weighted by molar-refractivity contribution is 7.11. The first-order valence-electron chi connectivity index (χ1n) is 6.58. The fourth-order valence-corrected chi connectivity index (χ4v) is 3.48. The predicted molar refractivity (Wildman–Crippen MR) is 75.8 cm³/mol. The van der Waals surface area contributed by atoms with Gasteiger partial charge in [0.15, 0.2) is 0 Å². The molecule has 1 aromatic heterocycles. The summed E-state index contributed by atoms with van der Waals surface area (Å²) in [5.41, 5.74) is 0.311. The van der Waals surface area contributed by atoms with E-state index in [0.29, 0.717) is 5.54 Å². The SMILES string of the molecule is Cc1nnc(CN(C)C[C@H]2CCN(C)C2(C)C)s1. The van der Waals surface area contributed by atoms with Gasteiger partial charge in [-0.1, -0.05) is 0 Å². The van der Waals surface area contributed by atoms with E-state index in [1.165, 1.54) is 13.0 Å². The van der Waals surface area contributed by atoms with Gasteiger partial charge in [-0.15, -0.1) is 21.5 Å². The molecule has 0 spiro atoms. The average molecular weight is 268 g/mol. The Balaban J connectivity index is 1.90. The summed E-state index contributed by atoms with van der Waals surface area (Å²) < 4.78 is 0. The summed E-state index contributed by atoms with van der Waals surface area (Å²) in [5, 5.41) is 10.5. The van der Waals surface area contributed by atoms with E-state index in [0.717, 1.165) is 29.0 Å². The Kier molecular flexibility index (Phi) is 4.04. The summed E-state index contributed by atoms with van der Waals surface area (Å²) in [6.45, 7) is 9.98. The van der Waals surface area contributed by atoms with Crippen molar-refractivity contribution in [1.82, 2.24) is 20.0 Å². The van der Waals surface area contributed by atoms with Crippen LogP contribution in [0.15, 0.2) is 0 Å². The Morgan fingerprint density at radius 2 is 2.17 bits per heavy atom. The van der Waals surface area contributed by atoms with Crippen LogP contribution in [0.3, 0.4) is 0 Å². The van der Waals surface area contributed by atoms with E-state index in [1.807, 2.05) is 6.92 Å². The normalized spacial score (nSPS) is 24.0. The van der Waals surface area contributed by atoms with Crippen LogP contribution in [0.1, 0.15) is 30.3 Å². The molecule has 18 heavy (non-hydrogen) atoms. The molecule has 2 rings (SSSR count). The van der Waals surface area contributed by atoms with Gasteiger partial charge in [0, 0.05) is 12.1 Å². The Labute approximate surface area is 114 Å². The minimum Gasteiger partial charge on any atom is -0.301 e. The molecule has 1 aliphatic rings. The zero-order chi connectivity index (χ0) is 13.3. The maximum Gasteiger partial charge on any atom is 0.131 e. The molecule has 4 nitrogen and oxygen atoms in total. The summed E-state index contributed by atoms with van der Waals surface area (Å²) in [4.78, 5) is 4.85. The second-order valence-corrected chi connectivity index (χ2v) is 7.24. The zero-order valence-corrected chi connectivity index (χ0v) is 12.9. The third kappa shape index (κ3) is 2.90. The molecule has 0 N–H and O–H groups in total. The summed E-state index contributed by atoms with van der Waals surface area (Å²) >= 11 is 1.70. The Bertz CT molecular complexity index is 401. The number of likely N-dealkylation sites (tertiary alicyclic amines) is 1. The van der Waals surface area contributed by atoms with Crippen LogP contribution in [0.2, 0.25) is 0 Å². The lowest BCUT2D eigenvalue weighted by molar-refractivity contribution is 0.140. The lowest BCUT2D eigenvalue weighted by Gasteiger charge is -2.35. The average Bonchev–Trinajstić information content (AvgIpc) is 2.77. The summed E-state index contributed by atoms with van der Waals surface area (Å²) in [6, 6.07) is 0. The molecule has 1 atom stereocenters. The van der Waals surface area contributed by atoms with Crippen molar-refractivity contribution in [2.24, 2.45) is 5.92 Å². The third-order valence-corrected chi connectivity index (χ3v) is 5.12. The maximum absolute atomic E-state index is 4.20. The molecule has 0 saturated carbocycles. The third-order valence-electron chi connectivity index (χ3n) is 4.30. The highest BCUT2D eigenvalue weighted by Crippen LogP contribution is 2.33. The fraction of sp³-hybridized carbons (Fsp3) is 0.846. The Morgan fingerprint density at radius 1 is 1.44 bits per heavy atom. The number of nitrogens with zero attached hydrogens (tertiary/aromatic N) is 4. The van der Waals surface area contributed by atoms with Crippen molar-refractivity contribution in [3.63, 3.8) is 0 Å². The molecular weight excluding hydrogens is 244 g/mol. The minimum absolute atomic E-state index is 0.311. The van der Waals surface area contributed by atoms with Crippen LogP contribution in [0.4, 0.5) is 0 Å². The van der Waals surface area contributed by atoms with Gasteiger partial charge < -0.3 is 4.90 Å². The van der Waals surface area contributed by atoms with Gasteiger partial charge in [0.2, 0.25) is 0 Å². The van der Waals surface area contributed by atoms with Crippen LogP contribution >= 0.6 is 11.3 Å². The highest BCUT2D eigenvalue weighted by Gasteiger charge is 2.39.